The Labute approximate surface area is 311 Å². The largest absolute Gasteiger partial charge is 0.278 e. The van der Waals surface area contributed by atoms with Crippen molar-refractivity contribution in [2.45, 2.75) is 19.3 Å². The highest BCUT2D eigenvalue weighted by Crippen LogP contribution is 2.50. The average molecular weight is 696 g/mol. The van der Waals surface area contributed by atoms with Crippen molar-refractivity contribution in [3.63, 3.8) is 0 Å². The second kappa shape index (κ2) is 11.3. The second-order valence-corrected chi connectivity index (χ2v) is 15.7. The first-order valence-electron chi connectivity index (χ1n) is 18.2. The molecule has 250 valence electrons. The molecular weight excluding hydrogens is 663 g/mol. The van der Waals surface area contributed by atoms with Crippen molar-refractivity contribution in [1.82, 2.24) is 14.5 Å². The van der Waals surface area contributed by atoms with Crippen molar-refractivity contribution in [3.05, 3.63) is 175 Å². The van der Waals surface area contributed by atoms with Gasteiger partial charge < -0.3 is 0 Å². The van der Waals surface area contributed by atoms with Gasteiger partial charge in [0.25, 0.3) is 0 Å². The molecule has 0 unspecified atom stereocenters. The zero-order valence-electron chi connectivity index (χ0n) is 29.3. The predicted octanol–water partition coefficient (Wildman–Crippen LogP) is 13.3. The van der Waals surface area contributed by atoms with E-state index in [1.807, 2.05) is 11.3 Å². The maximum Gasteiger partial charge on any atom is 0.235 e. The molecule has 11 rings (SSSR count). The SMILES string of the molecule is CC1(C)C(c2ccccc2)=Cc2nc(-n3c4ccc(-c5ccc6sc7ccccc7c6c5)cc4c4c5ccccc5ccc43)nc(-c3ccccc3)c21. The molecular formula is C49H33N3S. The summed E-state index contributed by atoms with van der Waals surface area (Å²) in [5.74, 6) is 0.679. The van der Waals surface area contributed by atoms with Crippen molar-refractivity contribution in [1.29, 1.82) is 0 Å². The number of fused-ring (bicyclic) bond motifs is 9. The van der Waals surface area contributed by atoms with Crippen LogP contribution >= 0.6 is 11.3 Å². The fourth-order valence-corrected chi connectivity index (χ4v) is 9.78. The van der Waals surface area contributed by atoms with Crippen molar-refractivity contribution in [2.24, 2.45) is 0 Å². The van der Waals surface area contributed by atoms with Gasteiger partial charge in [0, 0.05) is 47.5 Å². The Kier molecular flexibility index (Phi) is 6.47. The lowest BCUT2D eigenvalue weighted by Crippen LogP contribution is -2.19. The third kappa shape index (κ3) is 4.52. The Hall–Kier alpha value is -6.36. The summed E-state index contributed by atoms with van der Waals surface area (Å²) in [5.41, 5.74) is 11.0. The molecule has 3 nitrogen and oxygen atoms in total. The van der Waals surface area contributed by atoms with Gasteiger partial charge in [-0.3, -0.25) is 4.57 Å². The summed E-state index contributed by atoms with van der Waals surface area (Å²) >= 11 is 1.86. The van der Waals surface area contributed by atoms with Gasteiger partial charge in [-0.15, -0.1) is 11.3 Å². The van der Waals surface area contributed by atoms with E-state index in [9.17, 15) is 0 Å². The number of allylic oxidation sites excluding steroid dienone is 1. The van der Waals surface area contributed by atoms with Gasteiger partial charge in [0.2, 0.25) is 5.95 Å². The van der Waals surface area contributed by atoms with Crippen molar-refractivity contribution in [2.75, 3.05) is 0 Å². The molecule has 0 fully saturated rings. The standard InChI is InChI=1S/C49H33N3S/c1-49(2)39(31-14-5-3-6-15-31)29-40-46(49)47(32-16-7-4-8-17-32)51-48(50-40)52-41-24-22-33(28-38(41)45-35-18-10-9-13-30(35)21-25-42(45)52)34-23-26-44-37(27-34)36-19-11-12-20-43(36)53-44/h3-29H,1-2H3. The Bertz CT molecular complexity index is 3130. The molecule has 1 aliphatic rings. The van der Waals surface area contributed by atoms with Crippen LogP contribution in [-0.2, 0) is 5.41 Å². The molecule has 0 aliphatic heterocycles. The van der Waals surface area contributed by atoms with Gasteiger partial charge in [0.05, 0.1) is 22.4 Å². The molecule has 0 N–H and O–H groups in total. The summed E-state index contributed by atoms with van der Waals surface area (Å²) in [5, 5.41) is 7.47. The number of nitrogens with zero attached hydrogens (tertiary/aromatic N) is 3. The first-order chi connectivity index (χ1) is 26.0. The van der Waals surface area contributed by atoms with E-state index in [0.29, 0.717) is 5.95 Å². The van der Waals surface area contributed by atoms with Crippen LogP contribution in [0.25, 0.3) is 92.7 Å². The fourth-order valence-electron chi connectivity index (χ4n) is 8.70. The first kappa shape index (κ1) is 30.3. The number of benzene rings is 7. The first-order valence-corrected chi connectivity index (χ1v) is 19.0. The molecule has 7 aromatic carbocycles. The van der Waals surface area contributed by atoms with E-state index in [-0.39, 0.29) is 5.41 Å². The van der Waals surface area contributed by atoms with Gasteiger partial charge in [-0.05, 0) is 75.5 Å². The number of aromatic nitrogens is 3. The minimum atomic E-state index is -0.290. The average Bonchev–Trinajstić information content (AvgIpc) is 3.84. The van der Waals surface area contributed by atoms with E-state index in [4.69, 9.17) is 9.97 Å². The van der Waals surface area contributed by atoms with Gasteiger partial charge in [0.1, 0.15) is 0 Å². The third-order valence-electron chi connectivity index (χ3n) is 11.2. The fraction of sp³-hybridized carbons (Fsp3) is 0.0612. The number of thiophene rings is 1. The Morgan fingerprint density at radius 3 is 1.96 bits per heavy atom. The molecule has 0 saturated carbocycles. The van der Waals surface area contributed by atoms with Crippen LogP contribution in [0.1, 0.15) is 30.7 Å². The molecule has 0 saturated heterocycles. The minimum Gasteiger partial charge on any atom is -0.278 e. The van der Waals surface area contributed by atoms with E-state index in [1.165, 1.54) is 64.0 Å². The van der Waals surface area contributed by atoms with Crippen LogP contribution < -0.4 is 0 Å². The monoisotopic (exact) mass is 695 g/mol. The molecule has 4 heteroatoms. The quantitative estimate of drug-likeness (QED) is 0.183. The van der Waals surface area contributed by atoms with E-state index in [2.05, 4.69) is 182 Å². The minimum absolute atomic E-state index is 0.290. The lowest BCUT2D eigenvalue weighted by molar-refractivity contribution is 0.696. The van der Waals surface area contributed by atoms with Crippen LogP contribution in [0.3, 0.4) is 0 Å². The number of hydrogen-bond acceptors (Lipinski definition) is 3. The normalized spacial score (nSPS) is 13.7. The topological polar surface area (TPSA) is 30.7 Å². The highest BCUT2D eigenvalue weighted by Gasteiger charge is 2.38. The zero-order chi connectivity index (χ0) is 35.3. The second-order valence-electron chi connectivity index (χ2n) is 14.6. The van der Waals surface area contributed by atoms with Crippen molar-refractivity contribution >= 4 is 75.7 Å². The molecule has 0 amide bonds. The van der Waals surface area contributed by atoms with Crippen LogP contribution in [0.5, 0.6) is 0 Å². The molecule has 53 heavy (non-hydrogen) atoms. The Morgan fingerprint density at radius 2 is 1.15 bits per heavy atom. The molecule has 0 atom stereocenters. The lowest BCUT2D eigenvalue weighted by Gasteiger charge is -2.27. The van der Waals surface area contributed by atoms with Gasteiger partial charge in [-0.1, -0.05) is 135 Å². The van der Waals surface area contributed by atoms with Crippen LogP contribution in [0, 0.1) is 0 Å². The van der Waals surface area contributed by atoms with Gasteiger partial charge in [-0.2, -0.15) is 0 Å². The Morgan fingerprint density at radius 1 is 0.509 bits per heavy atom. The Balaban J connectivity index is 1.19. The molecule has 3 aromatic heterocycles. The predicted molar refractivity (Wildman–Crippen MR) is 225 cm³/mol. The molecule has 10 aromatic rings. The van der Waals surface area contributed by atoms with Crippen molar-refractivity contribution < 1.29 is 0 Å². The zero-order valence-corrected chi connectivity index (χ0v) is 30.2. The lowest BCUT2D eigenvalue weighted by atomic mass is 9.77. The van der Waals surface area contributed by atoms with Crippen LogP contribution in [-0.4, -0.2) is 14.5 Å². The molecule has 3 heterocycles. The summed E-state index contributed by atoms with van der Waals surface area (Å²) in [4.78, 5) is 11.0. The van der Waals surface area contributed by atoms with E-state index < -0.39 is 0 Å². The summed E-state index contributed by atoms with van der Waals surface area (Å²) in [6.45, 7) is 4.61. The number of rotatable bonds is 4. The summed E-state index contributed by atoms with van der Waals surface area (Å²) in [7, 11) is 0. The summed E-state index contributed by atoms with van der Waals surface area (Å²) in [6.07, 6.45) is 2.29. The highest BCUT2D eigenvalue weighted by atomic mass is 32.1. The van der Waals surface area contributed by atoms with Gasteiger partial charge in [0.15, 0.2) is 0 Å². The maximum atomic E-state index is 5.52. The molecule has 0 bridgehead atoms. The summed E-state index contributed by atoms with van der Waals surface area (Å²) < 4.78 is 4.92. The molecule has 0 spiro atoms. The third-order valence-corrected chi connectivity index (χ3v) is 12.4. The number of hydrogen-bond donors (Lipinski definition) is 0. The summed E-state index contributed by atoms with van der Waals surface area (Å²) in [6, 6.07) is 57.0. The van der Waals surface area contributed by atoms with Gasteiger partial charge in [-0.25, -0.2) is 9.97 Å². The van der Waals surface area contributed by atoms with Crippen LogP contribution in [0.2, 0.25) is 0 Å². The van der Waals surface area contributed by atoms with E-state index in [0.717, 1.165) is 33.5 Å². The highest BCUT2D eigenvalue weighted by molar-refractivity contribution is 7.25. The molecule has 1 aliphatic carbocycles. The van der Waals surface area contributed by atoms with E-state index in [1.54, 1.807) is 0 Å². The van der Waals surface area contributed by atoms with Crippen LogP contribution in [0.15, 0.2) is 158 Å². The van der Waals surface area contributed by atoms with E-state index >= 15 is 0 Å². The maximum absolute atomic E-state index is 5.52. The van der Waals surface area contributed by atoms with Crippen molar-refractivity contribution in [3.8, 4) is 28.3 Å². The van der Waals surface area contributed by atoms with Crippen LogP contribution in [0.4, 0.5) is 0 Å². The smallest absolute Gasteiger partial charge is 0.235 e. The molecule has 0 radical (unpaired) electrons. The van der Waals surface area contributed by atoms with Gasteiger partial charge >= 0.3 is 0 Å².